The van der Waals surface area contributed by atoms with Crippen LogP contribution < -0.4 is 4.74 Å². The van der Waals surface area contributed by atoms with Gasteiger partial charge in [0.1, 0.15) is 6.07 Å². The van der Waals surface area contributed by atoms with Gasteiger partial charge >= 0.3 is 0 Å². The second-order valence-corrected chi connectivity index (χ2v) is 6.92. The summed E-state index contributed by atoms with van der Waals surface area (Å²) in [5.41, 5.74) is 2.93. The van der Waals surface area contributed by atoms with Crippen molar-refractivity contribution >= 4 is 28.6 Å². The van der Waals surface area contributed by atoms with Crippen LogP contribution in [0.15, 0.2) is 72.8 Å². The Kier molecular flexibility index (Phi) is 5.50. The van der Waals surface area contributed by atoms with Gasteiger partial charge in [0.25, 0.3) is 0 Å². The predicted molar refractivity (Wildman–Crippen MR) is 119 cm³/mol. The molecule has 4 rings (SSSR count). The molecular weight excluding hydrogens is 390 g/mol. The monoisotopic (exact) mass is 409 g/mol. The third-order valence-corrected chi connectivity index (χ3v) is 4.88. The lowest BCUT2D eigenvalue weighted by Crippen LogP contribution is -2.16. The number of aromatic hydroxyl groups is 1. The van der Waals surface area contributed by atoms with E-state index in [2.05, 4.69) is 11.1 Å². The van der Waals surface area contributed by atoms with Gasteiger partial charge in [-0.3, -0.25) is 9.36 Å². The Hall–Kier alpha value is -4.37. The summed E-state index contributed by atoms with van der Waals surface area (Å²) >= 11 is 0. The summed E-state index contributed by atoms with van der Waals surface area (Å²) in [6, 6.07) is 23.7. The lowest BCUT2D eigenvalue weighted by molar-refractivity contribution is 0.0918. The molecule has 1 aromatic heterocycles. The first-order valence-electron chi connectivity index (χ1n) is 9.64. The van der Waals surface area contributed by atoms with Crippen LogP contribution in [0, 0.1) is 11.3 Å². The number of carbonyl (C=O) groups is 1. The summed E-state index contributed by atoms with van der Waals surface area (Å²) in [6.07, 6.45) is 1.77. The molecule has 0 saturated heterocycles. The molecule has 0 spiro atoms. The SMILES string of the molecule is COc1ccc(C=C(C#N)c2nc3ccccc3n2C(=O)Cc2ccccc2)cc1O. The average molecular weight is 409 g/mol. The summed E-state index contributed by atoms with van der Waals surface area (Å²) < 4.78 is 6.55. The number of rotatable bonds is 5. The highest BCUT2D eigenvalue weighted by Crippen LogP contribution is 2.29. The lowest BCUT2D eigenvalue weighted by atomic mass is 10.1. The maximum Gasteiger partial charge on any atom is 0.237 e. The number of carbonyl (C=O) groups excluding carboxylic acids is 1. The number of imidazole rings is 1. The Bertz CT molecular complexity index is 1330. The normalized spacial score (nSPS) is 11.3. The van der Waals surface area contributed by atoms with Crippen molar-refractivity contribution in [2.75, 3.05) is 7.11 Å². The smallest absolute Gasteiger partial charge is 0.237 e. The van der Waals surface area contributed by atoms with Crippen LogP contribution in [0.25, 0.3) is 22.7 Å². The van der Waals surface area contributed by atoms with E-state index >= 15 is 0 Å². The van der Waals surface area contributed by atoms with Crippen molar-refractivity contribution in [3.05, 3.63) is 89.7 Å². The highest BCUT2D eigenvalue weighted by atomic mass is 16.5. The van der Waals surface area contributed by atoms with Crippen LogP contribution in [0.5, 0.6) is 11.5 Å². The van der Waals surface area contributed by atoms with Gasteiger partial charge < -0.3 is 9.84 Å². The van der Waals surface area contributed by atoms with Gasteiger partial charge in [-0.15, -0.1) is 0 Å². The standard InChI is InChI=1S/C25H19N3O3/c1-31-23-12-11-18(14-22(23)29)13-19(16-26)25-27-20-9-5-6-10-21(20)28(25)24(30)15-17-7-3-2-4-8-17/h2-14,29H,15H2,1H3. The first kappa shape index (κ1) is 19.9. The Morgan fingerprint density at radius 1 is 1.13 bits per heavy atom. The lowest BCUT2D eigenvalue weighted by Gasteiger charge is -2.08. The molecule has 0 amide bonds. The number of hydrogen-bond donors (Lipinski definition) is 1. The number of phenolic OH excluding ortho intramolecular Hbond substituents is 1. The van der Waals surface area contributed by atoms with E-state index in [1.807, 2.05) is 48.5 Å². The Morgan fingerprint density at radius 2 is 1.87 bits per heavy atom. The van der Waals surface area contributed by atoms with Gasteiger partial charge in [0.15, 0.2) is 17.3 Å². The fourth-order valence-corrected chi connectivity index (χ4v) is 3.42. The number of phenols is 1. The van der Waals surface area contributed by atoms with Gasteiger partial charge in [0, 0.05) is 0 Å². The van der Waals surface area contributed by atoms with Gasteiger partial charge in [0.05, 0.1) is 30.1 Å². The number of para-hydroxylation sites is 2. The van der Waals surface area contributed by atoms with Crippen molar-refractivity contribution < 1.29 is 14.6 Å². The number of hydrogen-bond acceptors (Lipinski definition) is 5. The molecule has 0 aliphatic rings. The zero-order chi connectivity index (χ0) is 21.8. The fourth-order valence-electron chi connectivity index (χ4n) is 3.42. The van der Waals surface area contributed by atoms with E-state index in [1.54, 1.807) is 24.3 Å². The van der Waals surface area contributed by atoms with Crippen LogP contribution in [0.4, 0.5) is 0 Å². The van der Waals surface area contributed by atoms with E-state index in [-0.39, 0.29) is 29.5 Å². The minimum Gasteiger partial charge on any atom is -0.504 e. The number of benzene rings is 3. The van der Waals surface area contributed by atoms with Crippen molar-refractivity contribution in [3.63, 3.8) is 0 Å². The van der Waals surface area contributed by atoms with Gasteiger partial charge in [0.2, 0.25) is 5.91 Å². The molecule has 0 unspecified atom stereocenters. The topological polar surface area (TPSA) is 88.1 Å². The largest absolute Gasteiger partial charge is 0.504 e. The zero-order valence-electron chi connectivity index (χ0n) is 16.8. The molecule has 31 heavy (non-hydrogen) atoms. The Balaban J connectivity index is 1.82. The number of ether oxygens (including phenoxy) is 1. The van der Waals surface area contributed by atoms with E-state index in [4.69, 9.17) is 4.74 Å². The number of nitriles is 1. The third-order valence-electron chi connectivity index (χ3n) is 4.88. The fraction of sp³-hybridized carbons (Fsp3) is 0.0800. The van der Waals surface area contributed by atoms with Crippen molar-refractivity contribution in [1.82, 2.24) is 9.55 Å². The maximum atomic E-state index is 13.3. The van der Waals surface area contributed by atoms with E-state index in [9.17, 15) is 15.2 Å². The molecule has 0 saturated carbocycles. The molecule has 0 radical (unpaired) electrons. The molecule has 0 aliphatic heterocycles. The molecule has 0 atom stereocenters. The summed E-state index contributed by atoms with van der Waals surface area (Å²) in [5, 5.41) is 19.9. The van der Waals surface area contributed by atoms with Crippen LogP contribution in [-0.2, 0) is 6.42 Å². The van der Waals surface area contributed by atoms with Crippen LogP contribution >= 0.6 is 0 Å². The number of aromatic nitrogens is 2. The second kappa shape index (κ2) is 8.56. The first-order valence-corrected chi connectivity index (χ1v) is 9.64. The molecular formula is C25H19N3O3. The molecule has 6 heteroatoms. The minimum atomic E-state index is -0.186. The third kappa shape index (κ3) is 4.02. The van der Waals surface area contributed by atoms with E-state index in [0.717, 1.165) is 5.56 Å². The molecule has 0 bridgehead atoms. The predicted octanol–water partition coefficient (Wildman–Crippen LogP) is 4.70. The van der Waals surface area contributed by atoms with E-state index in [0.29, 0.717) is 22.3 Å². The maximum absolute atomic E-state index is 13.3. The van der Waals surface area contributed by atoms with E-state index < -0.39 is 0 Å². The van der Waals surface area contributed by atoms with Gasteiger partial charge in [-0.2, -0.15) is 5.26 Å². The molecule has 6 nitrogen and oxygen atoms in total. The summed E-state index contributed by atoms with van der Waals surface area (Å²) in [6.45, 7) is 0. The minimum absolute atomic E-state index is 0.0396. The zero-order valence-corrected chi connectivity index (χ0v) is 16.8. The molecule has 152 valence electrons. The molecule has 0 aliphatic carbocycles. The Labute approximate surface area is 179 Å². The number of fused-ring (bicyclic) bond motifs is 1. The molecule has 4 aromatic rings. The van der Waals surface area contributed by atoms with Crippen LogP contribution in [0.2, 0.25) is 0 Å². The highest BCUT2D eigenvalue weighted by Gasteiger charge is 2.20. The average Bonchev–Trinajstić information content (AvgIpc) is 3.18. The van der Waals surface area contributed by atoms with Crippen LogP contribution in [0.1, 0.15) is 21.7 Å². The van der Waals surface area contributed by atoms with Gasteiger partial charge in [-0.05, 0) is 41.5 Å². The van der Waals surface area contributed by atoms with Crippen molar-refractivity contribution in [2.45, 2.75) is 6.42 Å². The highest BCUT2D eigenvalue weighted by molar-refractivity contribution is 5.99. The summed E-state index contributed by atoms with van der Waals surface area (Å²) in [4.78, 5) is 17.8. The van der Waals surface area contributed by atoms with Crippen molar-refractivity contribution in [3.8, 4) is 17.6 Å². The van der Waals surface area contributed by atoms with Gasteiger partial charge in [-0.25, -0.2) is 4.98 Å². The van der Waals surface area contributed by atoms with Gasteiger partial charge in [-0.1, -0.05) is 48.5 Å². The van der Waals surface area contributed by atoms with Crippen LogP contribution in [0.3, 0.4) is 0 Å². The van der Waals surface area contributed by atoms with Crippen LogP contribution in [-0.4, -0.2) is 27.7 Å². The molecule has 1 heterocycles. The number of allylic oxidation sites excluding steroid dienone is 1. The number of methoxy groups -OCH3 is 1. The molecule has 1 N–H and O–H groups in total. The summed E-state index contributed by atoms with van der Waals surface area (Å²) in [5.74, 6) is 0.372. The number of nitrogens with zero attached hydrogens (tertiary/aromatic N) is 3. The quantitative estimate of drug-likeness (QED) is 0.483. The first-order chi connectivity index (χ1) is 15.1. The second-order valence-electron chi connectivity index (χ2n) is 6.92. The molecule has 3 aromatic carbocycles. The van der Waals surface area contributed by atoms with Crippen molar-refractivity contribution in [2.24, 2.45) is 0 Å². The molecule has 0 fully saturated rings. The van der Waals surface area contributed by atoms with Crippen molar-refractivity contribution in [1.29, 1.82) is 5.26 Å². The Morgan fingerprint density at radius 3 is 2.58 bits per heavy atom. The summed E-state index contributed by atoms with van der Waals surface area (Å²) in [7, 11) is 1.46. The van der Waals surface area contributed by atoms with E-state index in [1.165, 1.54) is 17.7 Å².